The molecular formula is C36H43FN2O4SSi. The molecule has 2 heterocycles. The summed E-state index contributed by atoms with van der Waals surface area (Å²) >= 11 is 0. The van der Waals surface area contributed by atoms with Crippen molar-refractivity contribution in [3.05, 3.63) is 96.6 Å². The first-order valence-electron chi connectivity index (χ1n) is 15.9. The smallest absolute Gasteiger partial charge is 0.264 e. The van der Waals surface area contributed by atoms with Gasteiger partial charge in [0.2, 0.25) is 0 Å². The molecule has 0 N–H and O–H groups in total. The quantitative estimate of drug-likeness (QED) is 0.155. The number of alkyl halides is 1. The van der Waals surface area contributed by atoms with Crippen molar-refractivity contribution in [3.8, 4) is 0 Å². The van der Waals surface area contributed by atoms with Gasteiger partial charge < -0.3 is 9.33 Å². The molecule has 45 heavy (non-hydrogen) atoms. The van der Waals surface area contributed by atoms with Crippen molar-refractivity contribution in [1.29, 1.82) is 0 Å². The summed E-state index contributed by atoms with van der Waals surface area (Å²) in [5.41, 5.74) is 2.06. The Balaban J connectivity index is 1.34. The molecule has 2 fully saturated rings. The minimum absolute atomic E-state index is 0.246. The zero-order valence-electron chi connectivity index (χ0n) is 26.5. The highest BCUT2D eigenvalue weighted by Crippen LogP contribution is 2.44. The van der Waals surface area contributed by atoms with Gasteiger partial charge in [0.1, 0.15) is 11.9 Å². The predicted octanol–water partition coefficient (Wildman–Crippen LogP) is 6.03. The molecule has 0 radical (unpaired) electrons. The van der Waals surface area contributed by atoms with Crippen LogP contribution in [0.1, 0.15) is 45.6 Å². The summed E-state index contributed by atoms with van der Waals surface area (Å²) in [7, 11) is -6.97. The van der Waals surface area contributed by atoms with Gasteiger partial charge in [-0.1, -0.05) is 93.6 Å². The van der Waals surface area contributed by atoms with Crippen LogP contribution in [0.5, 0.6) is 0 Å². The molecular weight excluding hydrogens is 604 g/mol. The molecule has 1 saturated carbocycles. The normalized spacial score (nSPS) is 22.5. The van der Waals surface area contributed by atoms with Crippen molar-refractivity contribution in [2.24, 2.45) is 5.92 Å². The molecule has 9 heteroatoms. The molecule has 3 unspecified atom stereocenters. The van der Waals surface area contributed by atoms with Crippen molar-refractivity contribution < 1.29 is 21.4 Å². The second-order valence-electron chi connectivity index (χ2n) is 13.6. The second kappa shape index (κ2) is 12.6. The Hall–Kier alpha value is -3.11. The molecule has 4 atom stereocenters. The van der Waals surface area contributed by atoms with Crippen LogP contribution in [0.3, 0.4) is 0 Å². The van der Waals surface area contributed by atoms with Crippen LogP contribution in [0.2, 0.25) is 5.04 Å². The number of rotatable bonds is 10. The van der Waals surface area contributed by atoms with Gasteiger partial charge in [-0.3, -0.25) is 4.18 Å². The van der Waals surface area contributed by atoms with Crippen LogP contribution in [-0.2, 0) is 25.1 Å². The molecule has 0 amide bonds. The predicted molar refractivity (Wildman–Crippen MR) is 182 cm³/mol. The third kappa shape index (κ3) is 6.59. The Labute approximate surface area is 267 Å². The van der Waals surface area contributed by atoms with E-state index in [-0.39, 0.29) is 17.4 Å². The SMILES string of the molecule is CC(C)(C)[Si](OC1C(F)C(OS(C)(=O)=O)C[C@@H]1CCc1ccc2ccc(N3CCC3)nc2c1)(c1ccccc1)c1ccccc1. The standard InChI is InChI=1S/C36H43FN2O4SSi/c1-36(2,3)45(29-12-7-5-8-13-29,30-14-9-6-10-15-30)43-35-28(25-32(34(35)37)42-44(4,40)41)19-17-26-16-18-27-20-21-33(38-31(27)24-26)39-22-11-23-39/h5-10,12-16,18,20-21,24,28,32,34-35H,11,17,19,22-23,25H2,1-4H3/t28-,32?,34?,35?/m0/s1. The van der Waals surface area contributed by atoms with E-state index in [4.69, 9.17) is 13.6 Å². The number of nitrogens with zero attached hydrogens (tertiary/aromatic N) is 2. The average molecular weight is 647 g/mol. The maximum absolute atomic E-state index is 16.6. The van der Waals surface area contributed by atoms with Crippen molar-refractivity contribution in [2.45, 2.75) is 69.9 Å². The number of anilines is 1. The molecule has 0 bridgehead atoms. The summed E-state index contributed by atoms with van der Waals surface area (Å²) in [4.78, 5) is 7.20. The van der Waals surface area contributed by atoms with E-state index < -0.39 is 36.8 Å². The lowest BCUT2D eigenvalue weighted by atomic mass is 9.96. The lowest BCUT2D eigenvalue weighted by molar-refractivity contribution is 0.0468. The minimum atomic E-state index is -3.86. The molecule has 6 nitrogen and oxygen atoms in total. The van der Waals surface area contributed by atoms with Gasteiger partial charge in [-0.15, -0.1) is 0 Å². The topological polar surface area (TPSA) is 68.7 Å². The first-order chi connectivity index (χ1) is 21.4. The number of aromatic nitrogens is 1. The fraction of sp³-hybridized carbons (Fsp3) is 0.417. The highest BCUT2D eigenvalue weighted by molar-refractivity contribution is 7.86. The molecule has 0 spiro atoms. The molecule has 238 valence electrons. The van der Waals surface area contributed by atoms with Crippen LogP contribution in [0.15, 0.2) is 91.0 Å². The summed E-state index contributed by atoms with van der Waals surface area (Å²) in [6.45, 7) is 8.56. The van der Waals surface area contributed by atoms with Crippen LogP contribution in [0.25, 0.3) is 10.9 Å². The molecule has 6 rings (SSSR count). The average Bonchev–Trinajstić information content (AvgIpc) is 3.25. The van der Waals surface area contributed by atoms with Gasteiger partial charge in [-0.25, -0.2) is 9.37 Å². The van der Waals surface area contributed by atoms with Gasteiger partial charge >= 0.3 is 0 Å². The zero-order chi connectivity index (χ0) is 31.8. The van der Waals surface area contributed by atoms with Gasteiger partial charge in [-0.2, -0.15) is 8.42 Å². The number of hydrogen-bond donors (Lipinski definition) is 0. The lowest BCUT2D eigenvalue weighted by Crippen LogP contribution is -2.68. The van der Waals surface area contributed by atoms with E-state index in [0.717, 1.165) is 52.0 Å². The lowest BCUT2D eigenvalue weighted by Gasteiger charge is -2.46. The van der Waals surface area contributed by atoms with Crippen molar-refractivity contribution in [2.75, 3.05) is 24.2 Å². The molecule has 1 saturated heterocycles. The van der Waals surface area contributed by atoms with E-state index in [1.54, 1.807) is 0 Å². The van der Waals surface area contributed by atoms with Crippen LogP contribution < -0.4 is 15.3 Å². The molecule has 1 aliphatic carbocycles. The number of pyridine rings is 1. The van der Waals surface area contributed by atoms with Gasteiger partial charge in [0.05, 0.1) is 17.9 Å². The monoisotopic (exact) mass is 646 g/mol. The van der Waals surface area contributed by atoms with Crippen molar-refractivity contribution in [3.63, 3.8) is 0 Å². The number of fused-ring (bicyclic) bond motifs is 1. The Morgan fingerprint density at radius 1 is 0.933 bits per heavy atom. The molecule has 1 aliphatic heterocycles. The minimum Gasteiger partial charge on any atom is -0.401 e. The van der Waals surface area contributed by atoms with E-state index in [0.29, 0.717) is 12.8 Å². The van der Waals surface area contributed by atoms with E-state index >= 15 is 4.39 Å². The zero-order valence-corrected chi connectivity index (χ0v) is 28.3. The summed E-state index contributed by atoms with van der Waals surface area (Å²) in [6.07, 6.45) is 0.245. The van der Waals surface area contributed by atoms with Gasteiger partial charge in [-0.05, 0) is 70.8 Å². The summed E-state index contributed by atoms with van der Waals surface area (Å²) in [6, 6.07) is 30.8. The van der Waals surface area contributed by atoms with Crippen LogP contribution in [0.4, 0.5) is 10.2 Å². The number of halogens is 1. The fourth-order valence-electron chi connectivity index (χ4n) is 7.07. The highest BCUT2D eigenvalue weighted by Gasteiger charge is 2.56. The summed E-state index contributed by atoms with van der Waals surface area (Å²) < 4.78 is 53.6. The third-order valence-electron chi connectivity index (χ3n) is 9.42. The molecule has 3 aromatic carbocycles. The van der Waals surface area contributed by atoms with E-state index in [1.165, 1.54) is 6.42 Å². The molecule has 1 aromatic heterocycles. The van der Waals surface area contributed by atoms with E-state index in [9.17, 15) is 8.42 Å². The Bertz CT molecular complexity index is 1690. The molecule has 2 aliphatic rings. The Morgan fingerprint density at radius 2 is 1.56 bits per heavy atom. The first kappa shape index (κ1) is 31.9. The highest BCUT2D eigenvalue weighted by atomic mass is 32.2. The van der Waals surface area contributed by atoms with Crippen LogP contribution >= 0.6 is 0 Å². The van der Waals surface area contributed by atoms with E-state index in [1.807, 2.05) is 36.4 Å². The maximum atomic E-state index is 16.6. The fourth-order valence-corrected chi connectivity index (χ4v) is 12.4. The Morgan fingerprint density at radius 3 is 2.11 bits per heavy atom. The number of hydrogen-bond acceptors (Lipinski definition) is 6. The summed E-state index contributed by atoms with van der Waals surface area (Å²) in [5.74, 6) is 0.756. The van der Waals surface area contributed by atoms with Gasteiger partial charge in [0.15, 0.2) is 6.17 Å². The third-order valence-corrected chi connectivity index (χ3v) is 15.1. The second-order valence-corrected chi connectivity index (χ2v) is 19.5. The summed E-state index contributed by atoms with van der Waals surface area (Å²) in [5, 5.41) is 2.84. The van der Waals surface area contributed by atoms with Gasteiger partial charge in [0.25, 0.3) is 18.4 Å². The Kier molecular flexibility index (Phi) is 8.91. The van der Waals surface area contributed by atoms with Crippen LogP contribution in [-0.4, -0.2) is 59.4 Å². The van der Waals surface area contributed by atoms with E-state index in [2.05, 4.69) is 80.3 Å². The number of benzene rings is 3. The van der Waals surface area contributed by atoms with Gasteiger partial charge in [0, 0.05) is 18.5 Å². The molecule has 4 aromatic rings. The largest absolute Gasteiger partial charge is 0.401 e. The maximum Gasteiger partial charge on any atom is 0.264 e. The first-order valence-corrected chi connectivity index (χ1v) is 19.6. The van der Waals surface area contributed by atoms with Crippen molar-refractivity contribution >= 4 is 45.5 Å². The van der Waals surface area contributed by atoms with Crippen LogP contribution in [0, 0.1) is 5.92 Å². The van der Waals surface area contributed by atoms with Crippen molar-refractivity contribution in [1.82, 2.24) is 4.98 Å². The number of aryl methyl sites for hydroxylation is 1.